The fourth-order valence-corrected chi connectivity index (χ4v) is 3.67. The molecule has 0 amide bonds. The van der Waals surface area contributed by atoms with Crippen molar-refractivity contribution in [2.75, 3.05) is 13.1 Å². The van der Waals surface area contributed by atoms with Gasteiger partial charge in [-0.2, -0.15) is 0 Å². The molecule has 1 aliphatic rings. The lowest BCUT2D eigenvalue weighted by Crippen LogP contribution is -2.42. The van der Waals surface area contributed by atoms with E-state index in [9.17, 15) is 0 Å². The number of thiocarbonyl (C=S) groups is 1. The second-order valence-electron chi connectivity index (χ2n) is 6.98. The predicted molar refractivity (Wildman–Crippen MR) is 114 cm³/mol. The molecule has 0 spiro atoms. The Morgan fingerprint density at radius 1 is 0.962 bits per heavy atom. The summed E-state index contributed by atoms with van der Waals surface area (Å²) in [6, 6.07) is 21.2. The lowest BCUT2D eigenvalue weighted by Gasteiger charge is -2.31. The average Bonchev–Trinajstić information content (AvgIpc) is 2.70. The Morgan fingerprint density at radius 3 is 2.31 bits per heavy atom. The Morgan fingerprint density at radius 2 is 1.65 bits per heavy atom. The summed E-state index contributed by atoms with van der Waals surface area (Å²) in [5, 5.41) is 4.35. The lowest BCUT2D eigenvalue weighted by atomic mass is 9.94. The third-order valence-electron chi connectivity index (χ3n) is 4.89. The van der Waals surface area contributed by atoms with Gasteiger partial charge in [0.15, 0.2) is 5.11 Å². The van der Waals surface area contributed by atoms with Crippen molar-refractivity contribution in [2.45, 2.75) is 32.2 Å². The van der Waals surface area contributed by atoms with Gasteiger partial charge < -0.3 is 10.2 Å². The van der Waals surface area contributed by atoms with Crippen LogP contribution in [0.1, 0.15) is 30.4 Å². The average molecular weight is 365 g/mol. The highest BCUT2D eigenvalue weighted by Crippen LogP contribution is 2.20. The topological polar surface area (TPSA) is 15.3 Å². The number of allylic oxidation sites excluding steroid dienone is 2. The highest BCUT2D eigenvalue weighted by Gasteiger charge is 2.17. The standard InChI is InChI=1S/C23H28N2S/c26-23(24-17-16-20-10-4-1-5-11-20)25(18-21-12-6-2-7-13-21)19-22-14-8-3-9-15-22/h1-8,10-13,22H,9,14-19H2,(H,24,26)/t22-/m0/s1. The van der Waals surface area contributed by atoms with E-state index in [4.69, 9.17) is 12.2 Å². The van der Waals surface area contributed by atoms with Crippen LogP contribution in [0.5, 0.6) is 0 Å². The van der Waals surface area contributed by atoms with Gasteiger partial charge in [-0.3, -0.25) is 0 Å². The second-order valence-corrected chi connectivity index (χ2v) is 7.37. The van der Waals surface area contributed by atoms with Gasteiger partial charge in [0, 0.05) is 19.6 Å². The van der Waals surface area contributed by atoms with Crippen molar-refractivity contribution < 1.29 is 0 Å². The first-order valence-corrected chi connectivity index (χ1v) is 9.98. The summed E-state index contributed by atoms with van der Waals surface area (Å²) < 4.78 is 0. The molecule has 0 unspecified atom stereocenters. The van der Waals surface area contributed by atoms with Crippen LogP contribution in [-0.2, 0) is 13.0 Å². The maximum atomic E-state index is 5.76. The SMILES string of the molecule is S=C(NCCc1ccccc1)N(Cc1ccccc1)C[C@H]1CC=CCC1. The zero-order chi connectivity index (χ0) is 18.0. The molecule has 3 heteroatoms. The number of hydrogen-bond acceptors (Lipinski definition) is 1. The zero-order valence-corrected chi connectivity index (χ0v) is 16.1. The minimum atomic E-state index is 0.692. The molecule has 0 radical (unpaired) electrons. The Bertz CT molecular complexity index is 697. The molecule has 0 aromatic heterocycles. The van der Waals surface area contributed by atoms with Crippen LogP contribution in [0.2, 0.25) is 0 Å². The number of hydrogen-bond donors (Lipinski definition) is 1. The van der Waals surface area contributed by atoms with Gasteiger partial charge in [0.2, 0.25) is 0 Å². The van der Waals surface area contributed by atoms with Crippen molar-refractivity contribution in [1.29, 1.82) is 0 Å². The molecule has 0 fully saturated rings. The molecular weight excluding hydrogens is 336 g/mol. The molecule has 0 saturated heterocycles. The van der Waals surface area contributed by atoms with Crippen molar-refractivity contribution in [1.82, 2.24) is 10.2 Å². The summed E-state index contributed by atoms with van der Waals surface area (Å²) in [6.07, 6.45) is 9.23. The van der Waals surface area contributed by atoms with E-state index >= 15 is 0 Å². The van der Waals surface area contributed by atoms with Gasteiger partial charge >= 0.3 is 0 Å². The van der Waals surface area contributed by atoms with Crippen molar-refractivity contribution in [3.63, 3.8) is 0 Å². The summed E-state index contributed by atoms with van der Waals surface area (Å²) in [4.78, 5) is 2.35. The smallest absolute Gasteiger partial charge is 0.169 e. The maximum absolute atomic E-state index is 5.76. The van der Waals surface area contributed by atoms with Crippen LogP contribution in [0.4, 0.5) is 0 Å². The molecule has 3 rings (SSSR count). The number of nitrogens with zero attached hydrogens (tertiary/aromatic N) is 1. The Hall–Kier alpha value is -2.13. The highest BCUT2D eigenvalue weighted by atomic mass is 32.1. The maximum Gasteiger partial charge on any atom is 0.169 e. The molecule has 2 nitrogen and oxygen atoms in total. The second kappa shape index (κ2) is 10.1. The van der Waals surface area contributed by atoms with Crippen LogP contribution < -0.4 is 5.32 Å². The van der Waals surface area contributed by atoms with Gasteiger partial charge in [0.1, 0.15) is 0 Å². The zero-order valence-electron chi connectivity index (χ0n) is 15.3. The predicted octanol–water partition coefficient (Wildman–Crippen LogP) is 4.96. The van der Waals surface area contributed by atoms with Crippen LogP contribution in [0, 0.1) is 5.92 Å². The van der Waals surface area contributed by atoms with Crippen LogP contribution in [0.3, 0.4) is 0 Å². The highest BCUT2D eigenvalue weighted by molar-refractivity contribution is 7.80. The van der Waals surface area contributed by atoms with Gasteiger partial charge in [-0.05, 0) is 54.9 Å². The van der Waals surface area contributed by atoms with E-state index < -0.39 is 0 Å². The first-order chi connectivity index (χ1) is 12.8. The monoisotopic (exact) mass is 364 g/mol. The largest absolute Gasteiger partial charge is 0.362 e. The molecule has 0 heterocycles. The summed E-state index contributed by atoms with van der Waals surface area (Å²) in [5.74, 6) is 0.692. The lowest BCUT2D eigenvalue weighted by molar-refractivity contribution is 0.312. The minimum absolute atomic E-state index is 0.692. The summed E-state index contributed by atoms with van der Waals surface area (Å²) >= 11 is 5.76. The molecule has 1 atom stereocenters. The molecule has 2 aromatic carbocycles. The Kier molecular flexibility index (Phi) is 7.26. The van der Waals surface area contributed by atoms with E-state index in [1.54, 1.807) is 0 Å². The molecule has 26 heavy (non-hydrogen) atoms. The fraction of sp³-hybridized carbons (Fsp3) is 0.348. The van der Waals surface area contributed by atoms with E-state index in [2.05, 4.69) is 83.0 Å². The first kappa shape index (κ1) is 18.7. The molecule has 1 N–H and O–H groups in total. The normalized spacial score (nSPS) is 16.2. The van der Waals surface area contributed by atoms with Gasteiger partial charge in [-0.1, -0.05) is 72.8 Å². The van der Waals surface area contributed by atoms with Gasteiger partial charge in [-0.25, -0.2) is 0 Å². The third-order valence-corrected chi connectivity index (χ3v) is 5.29. The third kappa shape index (κ3) is 5.99. The Labute approximate surface area is 162 Å². The van der Waals surface area contributed by atoms with Crippen LogP contribution in [0.15, 0.2) is 72.8 Å². The fourth-order valence-electron chi connectivity index (χ4n) is 3.43. The molecule has 1 aliphatic carbocycles. The van der Waals surface area contributed by atoms with Gasteiger partial charge in [-0.15, -0.1) is 0 Å². The molecule has 2 aromatic rings. The minimum Gasteiger partial charge on any atom is -0.362 e. The van der Waals surface area contributed by atoms with Crippen molar-refractivity contribution >= 4 is 17.3 Å². The summed E-state index contributed by atoms with van der Waals surface area (Å²) in [5.41, 5.74) is 2.65. The van der Waals surface area contributed by atoms with Crippen molar-refractivity contribution in [2.24, 2.45) is 5.92 Å². The van der Waals surface area contributed by atoms with Crippen molar-refractivity contribution in [3.8, 4) is 0 Å². The molecule has 0 saturated carbocycles. The van der Waals surface area contributed by atoms with Gasteiger partial charge in [0.05, 0.1) is 0 Å². The molecule has 136 valence electrons. The molecule has 0 aliphatic heterocycles. The summed E-state index contributed by atoms with van der Waals surface area (Å²) in [6.45, 7) is 2.77. The van der Waals surface area contributed by atoms with E-state index in [1.807, 2.05) is 0 Å². The molecular formula is C23H28N2S. The number of nitrogens with one attached hydrogen (secondary N) is 1. The number of benzene rings is 2. The van der Waals surface area contributed by atoms with E-state index in [0.717, 1.165) is 37.6 Å². The van der Waals surface area contributed by atoms with E-state index in [-0.39, 0.29) is 0 Å². The van der Waals surface area contributed by atoms with Crippen LogP contribution >= 0.6 is 12.2 Å². The van der Waals surface area contributed by atoms with Gasteiger partial charge in [0.25, 0.3) is 0 Å². The Balaban J connectivity index is 1.57. The number of rotatable bonds is 7. The van der Waals surface area contributed by atoms with E-state index in [1.165, 1.54) is 24.0 Å². The first-order valence-electron chi connectivity index (χ1n) is 9.57. The van der Waals surface area contributed by atoms with E-state index in [0.29, 0.717) is 5.92 Å². The summed E-state index contributed by atoms with van der Waals surface area (Å²) in [7, 11) is 0. The quantitative estimate of drug-likeness (QED) is 0.552. The van der Waals surface area contributed by atoms with Crippen molar-refractivity contribution in [3.05, 3.63) is 83.9 Å². The van der Waals surface area contributed by atoms with Crippen LogP contribution in [0.25, 0.3) is 0 Å². The van der Waals surface area contributed by atoms with Crippen LogP contribution in [-0.4, -0.2) is 23.1 Å². The molecule has 0 bridgehead atoms.